The molecule has 0 aliphatic rings. The maximum atomic E-state index is 6.22. The smallest absolute Gasteiger partial charge is 0.385 e. The number of ether oxygens (including phenoxy) is 3. The van der Waals surface area contributed by atoms with E-state index in [1.165, 1.54) is 0 Å². The van der Waals surface area contributed by atoms with E-state index in [-0.39, 0.29) is 0 Å². The van der Waals surface area contributed by atoms with Gasteiger partial charge < -0.3 is 27.5 Å². The second-order valence-corrected chi connectivity index (χ2v) is 8.74. The van der Waals surface area contributed by atoms with Crippen LogP contribution in [0.25, 0.3) is 0 Å². The van der Waals surface area contributed by atoms with Crippen LogP contribution in [-0.2, 0) is 27.5 Å². The van der Waals surface area contributed by atoms with E-state index in [0.29, 0.717) is 25.9 Å². The fourth-order valence-corrected chi connectivity index (χ4v) is 4.79. The Balaban J connectivity index is 4.58. The molecule has 26 heavy (non-hydrogen) atoms. The van der Waals surface area contributed by atoms with Crippen LogP contribution in [0.2, 0.25) is 6.04 Å². The van der Waals surface area contributed by atoms with Crippen LogP contribution < -0.4 is 0 Å². The molecule has 0 aromatic heterocycles. The molecule has 0 rings (SSSR count). The fraction of sp³-hybridized carbons (Fsp3) is 0.895. The van der Waals surface area contributed by atoms with Gasteiger partial charge in [0.2, 0.25) is 0 Å². The summed E-state index contributed by atoms with van der Waals surface area (Å²) in [5, 5.41) is 0. The Morgan fingerprint density at radius 1 is 0.577 bits per heavy atom. The lowest BCUT2D eigenvalue weighted by Gasteiger charge is -2.29. The number of allylic oxidation sites excluding steroid dienone is 2. The molecule has 0 atom stereocenters. The Labute approximate surface area is 161 Å². The zero-order valence-electron chi connectivity index (χ0n) is 17.3. The predicted octanol–water partition coefficient (Wildman–Crippen LogP) is 3.83. The van der Waals surface area contributed by atoms with Gasteiger partial charge in [-0.3, -0.25) is 0 Å². The molecule has 0 aliphatic heterocycles. The van der Waals surface area contributed by atoms with Gasteiger partial charge in [0.1, 0.15) is 0 Å². The normalized spacial score (nSPS) is 12.3. The van der Waals surface area contributed by atoms with Gasteiger partial charge in [0.05, 0.1) is 0 Å². The Morgan fingerprint density at radius 3 is 1.23 bits per heavy atom. The summed E-state index contributed by atoms with van der Waals surface area (Å²) in [6.45, 7) is 6.19. The summed E-state index contributed by atoms with van der Waals surface area (Å²) in [6, 6.07) is 0.711. The van der Waals surface area contributed by atoms with Crippen molar-refractivity contribution < 1.29 is 27.5 Å². The van der Waals surface area contributed by atoms with Crippen molar-refractivity contribution in [2.45, 2.75) is 51.5 Å². The van der Waals surface area contributed by atoms with Crippen molar-refractivity contribution in [1.82, 2.24) is 0 Å². The number of unbranched alkanes of at least 4 members (excludes halogenated alkanes) is 3. The standard InChI is InChI=1S/C19H40O6Si/c1-5-6-19-26(23-16-10-7-13-20-2,24-17-11-8-14-21-3)25-18-12-9-15-22-4/h5-6H,7-19H2,1-4H3. The quantitative estimate of drug-likeness (QED) is 0.178. The van der Waals surface area contributed by atoms with Crippen LogP contribution >= 0.6 is 0 Å². The van der Waals surface area contributed by atoms with Crippen molar-refractivity contribution in [1.29, 1.82) is 0 Å². The topological polar surface area (TPSA) is 55.4 Å². The molecule has 0 N–H and O–H groups in total. The molecule has 0 aromatic rings. The third kappa shape index (κ3) is 14.8. The molecule has 0 unspecified atom stereocenters. The first-order chi connectivity index (χ1) is 12.7. The average molecular weight is 393 g/mol. The molecule has 0 bridgehead atoms. The molecule has 0 saturated carbocycles. The molecule has 0 spiro atoms. The van der Waals surface area contributed by atoms with Gasteiger partial charge in [-0.25, -0.2) is 0 Å². The first-order valence-electron chi connectivity index (χ1n) is 9.74. The zero-order valence-corrected chi connectivity index (χ0v) is 18.3. The van der Waals surface area contributed by atoms with Crippen LogP contribution in [-0.4, -0.2) is 69.8 Å². The van der Waals surface area contributed by atoms with Crippen LogP contribution in [0.15, 0.2) is 12.2 Å². The maximum Gasteiger partial charge on any atom is 0.504 e. The molecule has 0 fully saturated rings. The Kier molecular flexibility index (Phi) is 19.3. The molecule has 0 aliphatic carbocycles. The highest BCUT2D eigenvalue weighted by Gasteiger charge is 2.39. The molecule has 0 aromatic carbocycles. The van der Waals surface area contributed by atoms with E-state index < -0.39 is 8.80 Å². The molecule has 0 heterocycles. The minimum absolute atomic E-state index is 0.642. The van der Waals surface area contributed by atoms with Crippen molar-refractivity contribution in [3.8, 4) is 0 Å². The second kappa shape index (κ2) is 19.5. The molecule has 0 amide bonds. The first kappa shape index (κ1) is 25.7. The number of hydrogen-bond acceptors (Lipinski definition) is 6. The summed E-state index contributed by atoms with van der Waals surface area (Å²) in [6.07, 6.45) is 9.88. The van der Waals surface area contributed by atoms with Gasteiger partial charge in [-0.15, -0.1) is 0 Å². The highest BCUT2D eigenvalue weighted by Crippen LogP contribution is 2.19. The lowest BCUT2D eigenvalue weighted by atomic mass is 10.3. The average Bonchev–Trinajstić information content (AvgIpc) is 2.65. The van der Waals surface area contributed by atoms with Gasteiger partial charge in [-0.05, 0) is 45.4 Å². The molecule has 156 valence electrons. The van der Waals surface area contributed by atoms with E-state index >= 15 is 0 Å². The molecule has 6 nitrogen and oxygen atoms in total. The summed E-state index contributed by atoms with van der Waals surface area (Å²) in [7, 11) is 2.45. The van der Waals surface area contributed by atoms with Crippen molar-refractivity contribution >= 4 is 8.80 Å². The van der Waals surface area contributed by atoms with E-state index in [1.807, 2.05) is 13.0 Å². The van der Waals surface area contributed by atoms with Crippen LogP contribution in [0.5, 0.6) is 0 Å². The zero-order chi connectivity index (χ0) is 19.3. The first-order valence-corrected chi connectivity index (χ1v) is 11.7. The monoisotopic (exact) mass is 392 g/mol. The van der Waals surface area contributed by atoms with Gasteiger partial charge in [0, 0.05) is 67.0 Å². The molecular formula is C19H40O6Si. The van der Waals surface area contributed by atoms with Crippen molar-refractivity contribution in [2.75, 3.05) is 61.0 Å². The Hall–Kier alpha value is -0.283. The van der Waals surface area contributed by atoms with Gasteiger partial charge in [0.25, 0.3) is 0 Å². The van der Waals surface area contributed by atoms with Crippen molar-refractivity contribution in [3.05, 3.63) is 12.2 Å². The third-order valence-electron chi connectivity index (χ3n) is 3.80. The summed E-state index contributed by atoms with van der Waals surface area (Å²) >= 11 is 0. The predicted molar refractivity (Wildman–Crippen MR) is 107 cm³/mol. The highest BCUT2D eigenvalue weighted by atomic mass is 28.4. The van der Waals surface area contributed by atoms with Gasteiger partial charge in [0.15, 0.2) is 0 Å². The van der Waals surface area contributed by atoms with Crippen LogP contribution in [0.3, 0.4) is 0 Å². The third-order valence-corrected chi connectivity index (χ3v) is 6.47. The van der Waals surface area contributed by atoms with Crippen molar-refractivity contribution in [3.63, 3.8) is 0 Å². The number of rotatable bonds is 20. The molecule has 0 saturated heterocycles. The van der Waals surface area contributed by atoms with Crippen molar-refractivity contribution in [2.24, 2.45) is 0 Å². The number of hydrogen-bond donors (Lipinski definition) is 0. The second-order valence-electron chi connectivity index (χ2n) is 6.10. The van der Waals surface area contributed by atoms with Crippen LogP contribution in [0, 0.1) is 0 Å². The SMILES string of the molecule is CC=CC[Si](OCCCCOC)(OCCCCOC)OCCCCOC. The number of methoxy groups -OCH3 is 3. The maximum absolute atomic E-state index is 6.22. The summed E-state index contributed by atoms with van der Waals surface area (Å²) in [4.78, 5) is 0. The van der Waals surface area contributed by atoms with Crippen LogP contribution in [0.4, 0.5) is 0 Å². The Bertz CT molecular complexity index is 278. The van der Waals surface area contributed by atoms with Crippen LogP contribution in [0.1, 0.15) is 45.4 Å². The van der Waals surface area contributed by atoms with E-state index in [1.54, 1.807) is 21.3 Å². The largest absolute Gasteiger partial charge is 0.504 e. The Morgan fingerprint density at radius 2 is 0.923 bits per heavy atom. The highest BCUT2D eigenvalue weighted by molar-refractivity contribution is 6.61. The lowest BCUT2D eigenvalue weighted by molar-refractivity contribution is 0.0533. The molecule has 7 heteroatoms. The van der Waals surface area contributed by atoms with Gasteiger partial charge in [-0.1, -0.05) is 12.2 Å². The van der Waals surface area contributed by atoms with E-state index in [2.05, 4.69) is 6.08 Å². The minimum atomic E-state index is -2.71. The summed E-state index contributed by atoms with van der Waals surface area (Å²) < 4.78 is 34.0. The van der Waals surface area contributed by atoms with Gasteiger partial charge in [-0.2, -0.15) is 0 Å². The van der Waals surface area contributed by atoms with Gasteiger partial charge >= 0.3 is 8.80 Å². The fourth-order valence-electron chi connectivity index (χ4n) is 2.29. The van der Waals surface area contributed by atoms with E-state index in [0.717, 1.165) is 58.3 Å². The molecular weight excluding hydrogens is 352 g/mol. The van der Waals surface area contributed by atoms with E-state index in [9.17, 15) is 0 Å². The van der Waals surface area contributed by atoms with E-state index in [4.69, 9.17) is 27.5 Å². The summed E-state index contributed by atoms with van der Waals surface area (Å²) in [5.74, 6) is 0. The summed E-state index contributed by atoms with van der Waals surface area (Å²) in [5.41, 5.74) is 0. The minimum Gasteiger partial charge on any atom is -0.385 e. The molecule has 0 radical (unpaired) electrons. The lowest BCUT2D eigenvalue weighted by Crippen LogP contribution is -2.46.